The molecule has 0 aliphatic carbocycles. The molecule has 1 heterocycles. The van der Waals surface area contributed by atoms with E-state index in [1.807, 2.05) is 0 Å². The van der Waals surface area contributed by atoms with E-state index in [9.17, 15) is 0 Å². The van der Waals surface area contributed by atoms with Gasteiger partial charge in [0.1, 0.15) is 0 Å². The molecule has 0 radical (unpaired) electrons. The molecule has 11 heavy (non-hydrogen) atoms. The minimum atomic E-state index is 0.524. The minimum Gasteiger partial charge on any atom is -0.399 e. The molecule has 3 nitrogen and oxygen atoms in total. The number of rotatable bonds is 1. The number of nitrogens with two attached hydrogens (primary N) is 1. The van der Waals surface area contributed by atoms with Crippen LogP contribution in [0.1, 0.15) is 20.8 Å². The normalized spacial score (nSPS) is 20.6. The van der Waals surface area contributed by atoms with Gasteiger partial charge in [0, 0.05) is 24.5 Å². The first-order valence-corrected chi connectivity index (χ1v) is 3.99. The summed E-state index contributed by atoms with van der Waals surface area (Å²) in [6.07, 6.45) is 0. The standard InChI is InChI=1S/C8H17N3/c1-6(2)11-5-8(9)7(3)10(11)4/h6H,5,9H2,1-4H3. The highest BCUT2D eigenvalue weighted by molar-refractivity contribution is 5.13. The van der Waals surface area contributed by atoms with E-state index in [0.717, 1.165) is 12.2 Å². The molecule has 0 unspecified atom stereocenters. The molecule has 0 saturated heterocycles. The SMILES string of the molecule is CC1=C(N)CN(C(C)C)N1C. The second kappa shape index (κ2) is 2.74. The molecule has 0 bridgehead atoms. The van der Waals surface area contributed by atoms with E-state index in [4.69, 9.17) is 5.73 Å². The Bertz CT molecular complexity index is 184. The van der Waals surface area contributed by atoms with E-state index >= 15 is 0 Å². The predicted octanol–water partition coefficient (Wildman–Crippen LogP) is 0.747. The summed E-state index contributed by atoms with van der Waals surface area (Å²) in [6, 6.07) is 0.524. The molecule has 1 aliphatic rings. The van der Waals surface area contributed by atoms with Gasteiger partial charge in [0.05, 0.1) is 6.54 Å². The first-order valence-electron chi connectivity index (χ1n) is 3.99. The Morgan fingerprint density at radius 1 is 1.45 bits per heavy atom. The van der Waals surface area contributed by atoms with Crippen LogP contribution in [0.5, 0.6) is 0 Å². The van der Waals surface area contributed by atoms with Gasteiger partial charge in [-0.2, -0.15) is 0 Å². The quantitative estimate of drug-likeness (QED) is 0.606. The fraction of sp³-hybridized carbons (Fsp3) is 0.750. The molecule has 2 N–H and O–H groups in total. The van der Waals surface area contributed by atoms with Gasteiger partial charge in [-0.1, -0.05) is 0 Å². The van der Waals surface area contributed by atoms with Crippen molar-refractivity contribution >= 4 is 0 Å². The van der Waals surface area contributed by atoms with Gasteiger partial charge in [-0.3, -0.25) is 0 Å². The third-order valence-electron chi connectivity index (χ3n) is 2.26. The average Bonchev–Trinajstić information content (AvgIpc) is 2.17. The van der Waals surface area contributed by atoms with Crippen LogP contribution in [0, 0.1) is 0 Å². The van der Waals surface area contributed by atoms with E-state index in [1.165, 1.54) is 5.70 Å². The van der Waals surface area contributed by atoms with E-state index < -0.39 is 0 Å². The Kier molecular flexibility index (Phi) is 2.09. The smallest absolute Gasteiger partial charge is 0.0598 e. The molecule has 3 heteroatoms. The van der Waals surface area contributed by atoms with Crippen molar-refractivity contribution in [2.45, 2.75) is 26.8 Å². The molecule has 0 aromatic heterocycles. The van der Waals surface area contributed by atoms with E-state index in [1.54, 1.807) is 0 Å². The Hall–Kier alpha value is -0.700. The van der Waals surface area contributed by atoms with Crippen molar-refractivity contribution in [1.29, 1.82) is 0 Å². The van der Waals surface area contributed by atoms with Gasteiger partial charge in [0.25, 0.3) is 0 Å². The van der Waals surface area contributed by atoms with Gasteiger partial charge in [-0.05, 0) is 20.8 Å². The molecule has 0 aromatic rings. The zero-order valence-electron chi connectivity index (χ0n) is 7.76. The maximum Gasteiger partial charge on any atom is 0.0598 e. The zero-order chi connectivity index (χ0) is 8.59. The summed E-state index contributed by atoms with van der Waals surface area (Å²) in [5, 5.41) is 4.37. The van der Waals surface area contributed by atoms with Crippen LogP contribution in [-0.2, 0) is 0 Å². The summed E-state index contributed by atoms with van der Waals surface area (Å²) in [6.45, 7) is 7.27. The Morgan fingerprint density at radius 3 is 2.18 bits per heavy atom. The number of hydrazine groups is 1. The number of hydrogen-bond acceptors (Lipinski definition) is 3. The summed E-state index contributed by atoms with van der Waals surface area (Å²) in [5.74, 6) is 0. The van der Waals surface area contributed by atoms with Crippen molar-refractivity contribution in [3.8, 4) is 0 Å². The summed E-state index contributed by atoms with van der Waals surface area (Å²) < 4.78 is 0. The monoisotopic (exact) mass is 155 g/mol. The van der Waals surface area contributed by atoms with Crippen LogP contribution in [0.4, 0.5) is 0 Å². The lowest BCUT2D eigenvalue weighted by Gasteiger charge is -2.30. The average molecular weight is 155 g/mol. The number of allylic oxidation sites excluding steroid dienone is 1. The molecular weight excluding hydrogens is 138 g/mol. The van der Waals surface area contributed by atoms with Crippen LogP contribution in [0.15, 0.2) is 11.4 Å². The van der Waals surface area contributed by atoms with Crippen LogP contribution in [0.2, 0.25) is 0 Å². The van der Waals surface area contributed by atoms with Gasteiger partial charge >= 0.3 is 0 Å². The molecule has 1 rings (SSSR count). The van der Waals surface area contributed by atoms with Crippen LogP contribution in [-0.4, -0.2) is 29.7 Å². The molecule has 0 saturated carbocycles. The second-order valence-corrected chi connectivity index (χ2v) is 3.33. The molecule has 64 valence electrons. The molecule has 0 spiro atoms. The second-order valence-electron chi connectivity index (χ2n) is 3.33. The topological polar surface area (TPSA) is 32.5 Å². The van der Waals surface area contributed by atoms with E-state index in [0.29, 0.717) is 6.04 Å². The van der Waals surface area contributed by atoms with Crippen molar-refractivity contribution in [3.63, 3.8) is 0 Å². The lowest BCUT2D eigenvalue weighted by molar-refractivity contribution is 0.0340. The van der Waals surface area contributed by atoms with Crippen LogP contribution < -0.4 is 5.73 Å². The van der Waals surface area contributed by atoms with Crippen LogP contribution in [0.25, 0.3) is 0 Å². The molecule has 0 amide bonds. The van der Waals surface area contributed by atoms with Crippen molar-refractivity contribution in [1.82, 2.24) is 10.0 Å². The molecule has 0 fully saturated rings. The van der Waals surface area contributed by atoms with Crippen molar-refractivity contribution < 1.29 is 0 Å². The Balaban J connectivity index is 2.70. The minimum absolute atomic E-state index is 0.524. The highest BCUT2D eigenvalue weighted by Gasteiger charge is 2.23. The van der Waals surface area contributed by atoms with Gasteiger partial charge in [0.2, 0.25) is 0 Å². The van der Waals surface area contributed by atoms with Gasteiger partial charge < -0.3 is 10.7 Å². The summed E-state index contributed by atoms with van der Waals surface area (Å²) >= 11 is 0. The van der Waals surface area contributed by atoms with Crippen molar-refractivity contribution in [3.05, 3.63) is 11.4 Å². The molecule has 0 aromatic carbocycles. The van der Waals surface area contributed by atoms with Crippen molar-refractivity contribution in [2.75, 3.05) is 13.6 Å². The van der Waals surface area contributed by atoms with E-state index in [-0.39, 0.29) is 0 Å². The van der Waals surface area contributed by atoms with Crippen molar-refractivity contribution in [2.24, 2.45) is 5.73 Å². The van der Waals surface area contributed by atoms with Crippen LogP contribution in [0.3, 0.4) is 0 Å². The largest absolute Gasteiger partial charge is 0.399 e. The third-order valence-corrected chi connectivity index (χ3v) is 2.26. The zero-order valence-corrected chi connectivity index (χ0v) is 7.76. The summed E-state index contributed by atoms with van der Waals surface area (Å²) in [5.41, 5.74) is 7.96. The first kappa shape index (κ1) is 8.40. The highest BCUT2D eigenvalue weighted by atomic mass is 15.6. The van der Waals surface area contributed by atoms with Gasteiger partial charge in [-0.15, -0.1) is 0 Å². The Labute approximate surface area is 68.4 Å². The Morgan fingerprint density at radius 2 is 2.00 bits per heavy atom. The maximum absolute atomic E-state index is 5.79. The molecular formula is C8H17N3. The molecule has 1 aliphatic heterocycles. The maximum atomic E-state index is 5.79. The fourth-order valence-electron chi connectivity index (χ4n) is 1.32. The fourth-order valence-corrected chi connectivity index (χ4v) is 1.32. The van der Waals surface area contributed by atoms with Crippen LogP contribution >= 0.6 is 0 Å². The van der Waals surface area contributed by atoms with Gasteiger partial charge in [-0.25, -0.2) is 5.01 Å². The first-order chi connectivity index (χ1) is 5.04. The highest BCUT2D eigenvalue weighted by Crippen LogP contribution is 2.19. The lowest BCUT2D eigenvalue weighted by atomic mass is 10.3. The predicted molar refractivity (Wildman–Crippen MR) is 46.5 cm³/mol. The summed E-state index contributed by atoms with van der Waals surface area (Å²) in [4.78, 5) is 0. The number of nitrogens with zero attached hydrogens (tertiary/aromatic N) is 2. The third kappa shape index (κ3) is 1.33. The summed E-state index contributed by atoms with van der Waals surface area (Å²) in [7, 11) is 2.05. The van der Waals surface area contributed by atoms with E-state index in [2.05, 4.69) is 37.8 Å². The van der Waals surface area contributed by atoms with Gasteiger partial charge in [0.15, 0.2) is 0 Å². The number of hydrogen-bond donors (Lipinski definition) is 1. The lowest BCUT2D eigenvalue weighted by Crippen LogP contribution is -2.39. The molecule has 0 atom stereocenters.